The molecule has 0 bridgehead atoms. The van der Waals surface area contributed by atoms with Crippen molar-refractivity contribution in [2.24, 2.45) is 0 Å². The van der Waals surface area contributed by atoms with E-state index in [1.165, 1.54) is 10.5 Å². The lowest BCUT2D eigenvalue weighted by atomic mass is 10.1. The monoisotopic (exact) mass is 347 g/mol. The standard InChI is InChI=1S/C16H21N5O2S/c1-12-18-14(10-16(19-12)20(2)3)15-7-5-9-21(15)24(22,23)13-6-4-8-17-11-13/h4,6,8,10-11,15H,5,7,9H2,1-3H3. The van der Waals surface area contributed by atoms with Gasteiger partial charge in [0.1, 0.15) is 16.5 Å². The zero-order valence-corrected chi connectivity index (χ0v) is 14.9. The van der Waals surface area contributed by atoms with Crippen LogP contribution in [0.15, 0.2) is 35.5 Å². The van der Waals surface area contributed by atoms with E-state index in [0.717, 1.165) is 24.4 Å². The number of sulfonamides is 1. The van der Waals surface area contributed by atoms with Crippen molar-refractivity contribution in [2.45, 2.75) is 30.7 Å². The molecule has 0 N–H and O–H groups in total. The summed E-state index contributed by atoms with van der Waals surface area (Å²) in [5.41, 5.74) is 0.746. The normalized spacial score (nSPS) is 18.7. The Hall–Kier alpha value is -2.06. The number of aryl methyl sites for hydroxylation is 1. The molecule has 2 aromatic rings. The van der Waals surface area contributed by atoms with Crippen LogP contribution in [0, 0.1) is 6.92 Å². The highest BCUT2D eigenvalue weighted by Gasteiger charge is 2.37. The first-order chi connectivity index (χ1) is 11.4. The van der Waals surface area contributed by atoms with Crippen molar-refractivity contribution >= 4 is 15.8 Å². The van der Waals surface area contributed by atoms with Crippen LogP contribution in [0.5, 0.6) is 0 Å². The van der Waals surface area contributed by atoms with Crippen molar-refractivity contribution in [3.63, 3.8) is 0 Å². The lowest BCUT2D eigenvalue weighted by Crippen LogP contribution is -2.31. The molecule has 2 aromatic heterocycles. The molecule has 1 unspecified atom stereocenters. The molecule has 1 saturated heterocycles. The Morgan fingerprint density at radius 1 is 1.29 bits per heavy atom. The van der Waals surface area contributed by atoms with E-state index in [0.29, 0.717) is 12.4 Å². The van der Waals surface area contributed by atoms with Gasteiger partial charge in [-0.15, -0.1) is 0 Å². The van der Waals surface area contributed by atoms with Gasteiger partial charge in [0.05, 0.1) is 11.7 Å². The van der Waals surface area contributed by atoms with Gasteiger partial charge in [0.25, 0.3) is 0 Å². The van der Waals surface area contributed by atoms with Crippen molar-refractivity contribution in [2.75, 3.05) is 25.5 Å². The summed E-state index contributed by atoms with van der Waals surface area (Å²) in [6.07, 6.45) is 4.52. The Morgan fingerprint density at radius 2 is 2.08 bits per heavy atom. The Balaban J connectivity index is 2.00. The number of hydrogen-bond acceptors (Lipinski definition) is 6. The number of aromatic nitrogens is 3. The molecule has 128 valence electrons. The van der Waals surface area contributed by atoms with Crippen molar-refractivity contribution in [3.05, 3.63) is 42.1 Å². The molecule has 7 nitrogen and oxygen atoms in total. The predicted molar refractivity (Wildman–Crippen MR) is 91.2 cm³/mol. The first-order valence-electron chi connectivity index (χ1n) is 7.84. The fourth-order valence-corrected chi connectivity index (χ4v) is 4.57. The van der Waals surface area contributed by atoms with Crippen molar-refractivity contribution in [1.29, 1.82) is 0 Å². The largest absolute Gasteiger partial charge is 0.363 e. The molecule has 0 aromatic carbocycles. The molecule has 0 aliphatic carbocycles. The number of rotatable bonds is 4. The molecule has 3 heterocycles. The molecule has 0 spiro atoms. The maximum atomic E-state index is 13.0. The van der Waals surface area contributed by atoms with Crippen molar-refractivity contribution in [1.82, 2.24) is 19.3 Å². The molecule has 1 aliphatic heterocycles. The third-order valence-electron chi connectivity index (χ3n) is 4.09. The van der Waals surface area contributed by atoms with E-state index in [1.807, 2.05) is 32.0 Å². The smallest absolute Gasteiger partial charge is 0.245 e. The summed E-state index contributed by atoms with van der Waals surface area (Å²) in [6, 6.07) is 4.82. The minimum Gasteiger partial charge on any atom is -0.363 e. The van der Waals surface area contributed by atoms with E-state index in [-0.39, 0.29) is 10.9 Å². The van der Waals surface area contributed by atoms with Gasteiger partial charge in [-0.25, -0.2) is 18.4 Å². The van der Waals surface area contributed by atoms with Crippen LogP contribution in [0.4, 0.5) is 5.82 Å². The lowest BCUT2D eigenvalue weighted by molar-refractivity contribution is 0.389. The van der Waals surface area contributed by atoms with Crippen molar-refractivity contribution in [3.8, 4) is 0 Å². The highest BCUT2D eigenvalue weighted by molar-refractivity contribution is 7.89. The van der Waals surface area contributed by atoms with Gasteiger partial charge < -0.3 is 4.90 Å². The first-order valence-corrected chi connectivity index (χ1v) is 9.28. The van der Waals surface area contributed by atoms with Crippen LogP contribution >= 0.6 is 0 Å². The molecule has 0 saturated carbocycles. The van der Waals surface area contributed by atoms with E-state index < -0.39 is 10.0 Å². The van der Waals surface area contributed by atoms with E-state index in [2.05, 4.69) is 15.0 Å². The second-order valence-corrected chi connectivity index (χ2v) is 7.95. The third-order valence-corrected chi connectivity index (χ3v) is 5.98. The average molecular weight is 347 g/mol. The van der Waals surface area contributed by atoms with Gasteiger partial charge in [-0.3, -0.25) is 4.98 Å². The summed E-state index contributed by atoms with van der Waals surface area (Å²) in [5.74, 6) is 1.42. The molecule has 0 amide bonds. The molecule has 1 fully saturated rings. The summed E-state index contributed by atoms with van der Waals surface area (Å²) in [6.45, 7) is 2.31. The van der Waals surface area contributed by atoms with E-state index >= 15 is 0 Å². The summed E-state index contributed by atoms with van der Waals surface area (Å²) < 4.78 is 27.4. The van der Waals surface area contributed by atoms with Crippen LogP contribution in [-0.2, 0) is 10.0 Å². The van der Waals surface area contributed by atoms with Gasteiger partial charge in [0.15, 0.2) is 0 Å². The van der Waals surface area contributed by atoms with Crippen LogP contribution in [-0.4, -0.2) is 48.3 Å². The van der Waals surface area contributed by atoms with Gasteiger partial charge in [-0.05, 0) is 31.9 Å². The second kappa shape index (κ2) is 6.45. The number of nitrogens with zero attached hydrogens (tertiary/aromatic N) is 5. The van der Waals surface area contributed by atoms with Crippen molar-refractivity contribution < 1.29 is 8.42 Å². The Labute approximate surface area is 142 Å². The Bertz CT molecular complexity index is 824. The number of pyridine rings is 1. The third kappa shape index (κ3) is 3.11. The summed E-state index contributed by atoms with van der Waals surface area (Å²) >= 11 is 0. The van der Waals surface area contributed by atoms with Gasteiger partial charge in [0, 0.05) is 39.1 Å². The molecular weight excluding hydrogens is 326 g/mol. The Kier molecular flexibility index (Phi) is 4.51. The second-order valence-electron chi connectivity index (χ2n) is 6.06. The van der Waals surface area contributed by atoms with E-state index in [4.69, 9.17) is 0 Å². The molecule has 0 radical (unpaired) electrons. The molecule has 1 atom stereocenters. The lowest BCUT2D eigenvalue weighted by Gasteiger charge is -2.24. The number of anilines is 1. The highest BCUT2D eigenvalue weighted by Crippen LogP contribution is 2.36. The summed E-state index contributed by atoms with van der Waals surface area (Å²) in [7, 11) is 0.229. The minimum absolute atomic E-state index is 0.218. The van der Waals surface area contributed by atoms with Gasteiger partial charge in [0.2, 0.25) is 10.0 Å². The van der Waals surface area contributed by atoms with Crippen LogP contribution in [0.3, 0.4) is 0 Å². The molecular formula is C16H21N5O2S. The van der Waals surface area contributed by atoms with E-state index in [1.54, 1.807) is 18.3 Å². The van der Waals surface area contributed by atoms with E-state index in [9.17, 15) is 8.42 Å². The SMILES string of the molecule is Cc1nc(C2CCCN2S(=O)(=O)c2cccnc2)cc(N(C)C)n1. The maximum Gasteiger partial charge on any atom is 0.245 e. The fraction of sp³-hybridized carbons (Fsp3) is 0.438. The van der Waals surface area contributed by atoms with Crippen LogP contribution < -0.4 is 4.90 Å². The molecule has 8 heteroatoms. The predicted octanol–water partition coefficient (Wildman–Crippen LogP) is 1.77. The van der Waals surface area contributed by atoms with Crippen LogP contribution in [0.25, 0.3) is 0 Å². The quantitative estimate of drug-likeness (QED) is 0.839. The summed E-state index contributed by atoms with van der Waals surface area (Å²) in [4.78, 5) is 14.9. The minimum atomic E-state index is -3.59. The fourth-order valence-electron chi connectivity index (χ4n) is 2.93. The highest BCUT2D eigenvalue weighted by atomic mass is 32.2. The zero-order chi connectivity index (χ0) is 17.3. The summed E-state index contributed by atoms with van der Waals surface area (Å²) in [5, 5.41) is 0. The first kappa shape index (κ1) is 16.8. The molecule has 3 rings (SSSR count). The maximum absolute atomic E-state index is 13.0. The van der Waals surface area contributed by atoms with Crippen LogP contribution in [0.2, 0.25) is 0 Å². The molecule has 1 aliphatic rings. The topological polar surface area (TPSA) is 79.3 Å². The number of hydrogen-bond donors (Lipinski definition) is 0. The zero-order valence-electron chi connectivity index (χ0n) is 14.0. The van der Waals surface area contributed by atoms with Crippen LogP contribution in [0.1, 0.15) is 30.4 Å². The average Bonchev–Trinajstić information content (AvgIpc) is 3.05. The Morgan fingerprint density at radius 3 is 2.75 bits per heavy atom. The molecule has 24 heavy (non-hydrogen) atoms. The van der Waals surface area contributed by atoms with Gasteiger partial charge >= 0.3 is 0 Å². The van der Waals surface area contributed by atoms with Gasteiger partial charge in [-0.2, -0.15) is 4.31 Å². The van der Waals surface area contributed by atoms with Gasteiger partial charge in [-0.1, -0.05) is 0 Å².